The molecule has 0 unspecified atom stereocenters. The van der Waals surface area contributed by atoms with Gasteiger partial charge in [0.15, 0.2) is 17.5 Å². The maximum Gasteiger partial charge on any atom is 0.193 e. The van der Waals surface area contributed by atoms with Crippen molar-refractivity contribution in [2.24, 2.45) is 4.99 Å². The van der Waals surface area contributed by atoms with Gasteiger partial charge in [-0.3, -0.25) is 4.99 Å². The minimum atomic E-state index is 0. The van der Waals surface area contributed by atoms with Crippen LogP contribution in [0.4, 0.5) is 0 Å². The average Bonchev–Trinajstić information content (AvgIpc) is 3.12. The largest absolute Gasteiger partial charge is 0.486 e. The Labute approximate surface area is 177 Å². The molecule has 9 heteroatoms. The van der Waals surface area contributed by atoms with Crippen LogP contribution in [-0.4, -0.2) is 59.5 Å². The van der Waals surface area contributed by atoms with Crippen LogP contribution in [0.1, 0.15) is 18.3 Å². The van der Waals surface area contributed by atoms with Crippen LogP contribution >= 0.6 is 24.0 Å². The molecular formula is C18H27IN6O2. The van der Waals surface area contributed by atoms with Gasteiger partial charge in [0.2, 0.25) is 0 Å². The van der Waals surface area contributed by atoms with E-state index < -0.39 is 0 Å². The summed E-state index contributed by atoms with van der Waals surface area (Å²) in [6.45, 7) is 5.56. The van der Waals surface area contributed by atoms with Gasteiger partial charge in [0, 0.05) is 40.2 Å². The Hall–Kier alpha value is -2.04. The number of nitrogens with zero attached hydrogens (tertiary/aromatic N) is 5. The fraction of sp³-hybridized carbons (Fsp3) is 0.500. The molecule has 2 heterocycles. The Morgan fingerprint density at radius 3 is 2.81 bits per heavy atom. The zero-order valence-corrected chi connectivity index (χ0v) is 18.3. The van der Waals surface area contributed by atoms with Crippen molar-refractivity contribution in [2.75, 3.05) is 33.9 Å². The van der Waals surface area contributed by atoms with Crippen LogP contribution in [0.3, 0.4) is 0 Å². The maximum absolute atomic E-state index is 5.66. The molecule has 0 saturated heterocycles. The summed E-state index contributed by atoms with van der Waals surface area (Å²) in [5.74, 6) is 3.45. The summed E-state index contributed by atoms with van der Waals surface area (Å²) in [7, 11) is 3.81. The minimum absolute atomic E-state index is 0. The van der Waals surface area contributed by atoms with Gasteiger partial charge in [0.25, 0.3) is 0 Å². The molecule has 1 N–H and O–H groups in total. The van der Waals surface area contributed by atoms with Crippen molar-refractivity contribution < 1.29 is 9.47 Å². The monoisotopic (exact) mass is 486 g/mol. The van der Waals surface area contributed by atoms with E-state index in [1.165, 1.54) is 0 Å². The van der Waals surface area contributed by atoms with Gasteiger partial charge in [-0.15, -0.1) is 34.2 Å². The Bertz CT molecular complexity index is 764. The number of fused-ring (bicyclic) bond motifs is 1. The van der Waals surface area contributed by atoms with Gasteiger partial charge in [0.1, 0.15) is 25.4 Å². The van der Waals surface area contributed by atoms with Crippen molar-refractivity contribution in [1.82, 2.24) is 25.0 Å². The van der Waals surface area contributed by atoms with Crippen LogP contribution in [0, 0.1) is 0 Å². The van der Waals surface area contributed by atoms with Gasteiger partial charge in [-0.2, -0.15) is 0 Å². The van der Waals surface area contributed by atoms with Crippen molar-refractivity contribution in [3.8, 4) is 11.5 Å². The summed E-state index contributed by atoms with van der Waals surface area (Å²) in [5.41, 5.74) is 1.15. The zero-order chi connectivity index (χ0) is 18.4. The third kappa shape index (κ3) is 5.47. The van der Waals surface area contributed by atoms with E-state index in [0.29, 0.717) is 13.2 Å². The van der Waals surface area contributed by atoms with E-state index >= 15 is 0 Å². The number of guanidine groups is 1. The van der Waals surface area contributed by atoms with E-state index in [-0.39, 0.29) is 24.0 Å². The summed E-state index contributed by atoms with van der Waals surface area (Å²) < 4.78 is 13.3. The average molecular weight is 486 g/mol. The van der Waals surface area contributed by atoms with Gasteiger partial charge >= 0.3 is 0 Å². The lowest BCUT2D eigenvalue weighted by molar-refractivity contribution is 0.171. The maximum atomic E-state index is 5.66. The summed E-state index contributed by atoms with van der Waals surface area (Å²) in [4.78, 5) is 6.45. The van der Waals surface area contributed by atoms with Crippen molar-refractivity contribution in [3.05, 3.63) is 35.9 Å². The molecule has 27 heavy (non-hydrogen) atoms. The predicted molar refractivity (Wildman–Crippen MR) is 115 cm³/mol. The Kier molecular flexibility index (Phi) is 8.14. The molecule has 8 nitrogen and oxygen atoms in total. The molecule has 1 aromatic heterocycles. The van der Waals surface area contributed by atoms with Gasteiger partial charge < -0.3 is 24.3 Å². The predicted octanol–water partition coefficient (Wildman–Crippen LogP) is 1.94. The second-order valence-corrected chi connectivity index (χ2v) is 6.10. The normalized spacial score (nSPS) is 13.1. The first-order valence-electron chi connectivity index (χ1n) is 8.88. The molecule has 0 atom stereocenters. The number of hydrogen-bond acceptors (Lipinski definition) is 5. The van der Waals surface area contributed by atoms with Crippen LogP contribution < -0.4 is 14.8 Å². The lowest BCUT2D eigenvalue weighted by atomic mass is 10.2. The van der Waals surface area contributed by atoms with E-state index in [1.807, 2.05) is 19.2 Å². The number of benzene rings is 1. The van der Waals surface area contributed by atoms with Crippen LogP contribution in [0.25, 0.3) is 0 Å². The second kappa shape index (κ2) is 10.3. The number of ether oxygens (including phenoxy) is 2. The quantitative estimate of drug-likeness (QED) is 0.382. The topological polar surface area (TPSA) is 76.8 Å². The lowest BCUT2D eigenvalue weighted by Crippen LogP contribution is -2.39. The molecule has 0 spiro atoms. The number of nitrogens with one attached hydrogen (secondary N) is 1. The molecule has 148 valence electrons. The highest BCUT2D eigenvalue weighted by Crippen LogP contribution is 2.30. The zero-order valence-electron chi connectivity index (χ0n) is 16.0. The molecule has 0 amide bonds. The molecule has 0 aliphatic carbocycles. The standard InChI is InChI=1S/C18H26N6O2.HI/c1-4-17-22-21-13-24(17)8-7-20-18(19-2)23(3)12-14-5-6-15-16(11-14)26-10-9-25-15;/h5-6,11,13H,4,7-10,12H2,1-3H3,(H,19,20);1H. The van der Waals surface area contributed by atoms with Crippen LogP contribution in [0.2, 0.25) is 0 Å². The third-order valence-corrected chi connectivity index (χ3v) is 4.25. The van der Waals surface area contributed by atoms with Crippen molar-refractivity contribution >= 4 is 29.9 Å². The van der Waals surface area contributed by atoms with E-state index in [9.17, 15) is 0 Å². The molecule has 0 saturated carbocycles. The second-order valence-electron chi connectivity index (χ2n) is 6.10. The molecule has 1 aliphatic heterocycles. The SMILES string of the molecule is CCc1nncn1CCNC(=NC)N(C)Cc1ccc2c(c1)OCCO2.I. The number of hydrogen-bond donors (Lipinski definition) is 1. The first kappa shape index (κ1) is 21.3. The van der Waals surface area contributed by atoms with Crippen molar-refractivity contribution in [1.29, 1.82) is 0 Å². The van der Waals surface area contributed by atoms with E-state index in [1.54, 1.807) is 13.4 Å². The lowest BCUT2D eigenvalue weighted by Gasteiger charge is -2.24. The van der Waals surface area contributed by atoms with Crippen LogP contribution in [-0.2, 0) is 19.5 Å². The summed E-state index contributed by atoms with van der Waals surface area (Å²) in [5, 5.41) is 11.4. The molecule has 3 rings (SSSR count). The number of aliphatic imine (C=N–C) groups is 1. The third-order valence-electron chi connectivity index (χ3n) is 4.25. The molecule has 0 bridgehead atoms. The fourth-order valence-corrected chi connectivity index (χ4v) is 2.95. The van der Waals surface area contributed by atoms with Crippen molar-refractivity contribution in [3.63, 3.8) is 0 Å². The number of aromatic nitrogens is 3. The molecule has 1 aromatic carbocycles. The first-order valence-corrected chi connectivity index (χ1v) is 8.88. The van der Waals surface area contributed by atoms with Gasteiger partial charge in [-0.25, -0.2) is 0 Å². The Morgan fingerprint density at radius 2 is 2.07 bits per heavy atom. The first-order chi connectivity index (χ1) is 12.7. The number of rotatable bonds is 6. The van der Waals surface area contributed by atoms with Gasteiger partial charge in [0.05, 0.1) is 0 Å². The van der Waals surface area contributed by atoms with E-state index in [4.69, 9.17) is 9.47 Å². The summed E-state index contributed by atoms with van der Waals surface area (Å²) in [6.07, 6.45) is 2.64. The highest BCUT2D eigenvalue weighted by molar-refractivity contribution is 14.0. The minimum Gasteiger partial charge on any atom is -0.486 e. The van der Waals surface area contributed by atoms with Crippen LogP contribution in [0.5, 0.6) is 11.5 Å². The molecule has 2 aromatic rings. The smallest absolute Gasteiger partial charge is 0.193 e. The molecular weight excluding hydrogens is 459 g/mol. The Balaban J connectivity index is 0.00000261. The van der Waals surface area contributed by atoms with Gasteiger partial charge in [-0.05, 0) is 17.7 Å². The van der Waals surface area contributed by atoms with E-state index in [0.717, 1.165) is 54.9 Å². The number of aryl methyl sites for hydroxylation is 1. The summed E-state index contributed by atoms with van der Waals surface area (Å²) >= 11 is 0. The highest BCUT2D eigenvalue weighted by atomic mass is 127. The molecule has 1 aliphatic rings. The summed E-state index contributed by atoms with van der Waals surface area (Å²) in [6, 6.07) is 6.05. The number of halogens is 1. The molecule has 0 radical (unpaired) electrons. The fourth-order valence-electron chi connectivity index (χ4n) is 2.95. The van der Waals surface area contributed by atoms with Crippen molar-refractivity contribution in [2.45, 2.75) is 26.4 Å². The van der Waals surface area contributed by atoms with E-state index in [2.05, 4.69) is 43.0 Å². The Morgan fingerprint density at radius 1 is 1.30 bits per heavy atom. The molecule has 0 fully saturated rings. The highest BCUT2D eigenvalue weighted by Gasteiger charge is 2.13. The van der Waals surface area contributed by atoms with Crippen LogP contribution in [0.15, 0.2) is 29.5 Å². The van der Waals surface area contributed by atoms with Gasteiger partial charge in [-0.1, -0.05) is 13.0 Å².